The van der Waals surface area contributed by atoms with Crippen LogP contribution in [0.3, 0.4) is 0 Å². The molecule has 0 atom stereocenters. The van der Waals surface area contributed by atoms with Crippen LogP contribution in [0.4, 0.5) is 0 Å². The Hall–Kier alpha value is -3.17. The smallest absolute Gasteiger partial charge is 0.251 e. The lowest BCUT2D eigenvalue weighted by Gasteiger charge is -2.33. The van der Waals surface area contributed by atoms with E-state index in [0.29, 0.717) is 25.2 Å². The summed E-state index contributed by atoms with van der Waals surface area (Å²) in [5.74, 6) is -0.322. The van der Waals surface area contributed by atoms with Crippen molar-refractivity contribution < 1.29 is 18.0 Å². The Labute approximate surface area is 193 Å². The van der Waals surface area contributed by atoms with E-state index in [1.165, 1.54) is 41.1 Å². The van der Waals surface area contributed by atoms with Gasteiger partial charge in [-0.05, 0) is 61.4 Å². The molecule has 1 fully saturated rings. The summed E-state index contributed by atoms with van der Waals surface area (Å²) in [5, 5.41) is 4.03. The maximum Gasteiger partial charge on any atom is 0.251 e. The van der Waals surface area contributed by atoms with E-state index in [-0.39, 0.29) is 29.8 Å². The van der Waals surface area contributed by atoms with Gasteiger partial charge in [0.15, 0.2) is 0 Å². The number of benzene rings is 2. The Kier molecular flexibility index (Phi) is 6.27. The molecule has 0 radical (unpaired) electrons. The fourth-order valence-electron chi connectivity index (χ4n) is 4.07. The average molecular weight is 469 g/mol. The zero-order valence-corrected chi connectivity index (χ0v) is 19.8. The van der Waals surface area contributed by atoms with Crippen molar-refractivity contribution in [3.63, 3.8) is 0 Å². The number of hydrogen-bond donors (Lipinski definition) is 2. The van der Waals surface area contributed by atoms with Crippen molar-refractivity contribution >= 4 is 32.7 Å². The van der Waals surface area contributed by atoms with Crippen LogP contribution in [-0.2, 0) is 21.4 Å². The van der Waals surface area contributed by atoms with Crippen LogP contribution in [0, 0.1) is 13.8 Å². The average Bonchev–Trinajstić information content (AvgIpc) is 3.10. The predicted molar refractivity (Wildman–Crippen MR) is 126 cm³/mol. The SMILES string of the molecule is CC(=O)N1CCN(S(=O)(=O)c2ccc(C(=O)NCc3ccc4[nH]c(C)c(C)c4c3)cc2)CC1. The van der Waals surface area contributed by atoms with Crippen molar-refractivity contribution in [2.75, 3.05) is 26.2 Å². The molecule has 0 spiro atoms. The number of hydrogen-bond acceptors (Lipinski definition) is 4. The fraction of sp³-hybridized carbons (Fsp3) is 0.333. The predicted octanol–water partition coefficient (Wildman–Crippen LogP) is 2.57. The molecule has 1 aromatic heterocycles. The minimum Gasteiger partial charge on any atom is -0.358 e. The van der Waals surface area contributed by atoms with Gasteiger partial charge in [-0.15, -0.1) is 0 Å². The van der Waals surface area contributed by atoms with Gasteiger partial charge in [0, 0.05) is 61.8 Å². The molecule has 8 nitrogen and oxygen atoms in total. The highest BCUT2D eigenvalue weighted by Crippen LogP contribution is 2.22. The second-order valence-electron chi connectivity index (χ2n) is 8.37. The highest BCUT2D eigenvalue weighted by molar-refractivity contribution is 7.89. The molecule has 0 bridgehead atoms. The monoisotopic (exact) mass is 468 g/mol. The van der Waals surface area contributed by atoms with Crippen LogP contribution in [0.5, 0.6) is 0 Å². The number of nitrogens with one attached hydrogen (secondary N) is 2. The molecule has 0 saturated carbocycles. The van der Waals surface area contributed by atoms with E-state index < -0.39 is 10.0 Å². The zero-order chi connectivity index (χ0) is 23.8. The summed E-state index contributed by atoms with van der Waals surface area (Å²) in [6.07, 6.45) is 0. The molecule has 1 aliphatic rings. The van der Waals surface area contributed by atoms with Gasteiger partial charge < -0.3 is 15.2 Å². The van der Waals surface area contributed by atoms with Crippen molar-refractivity contribution in [2.24, 2.45) is 0 Å². The number of nitrogens with zero attached hydrogens (tertiary/aromatic N) is 2. The molecular formula is C24H28N4O4S. The number of amides is 2. The minimum atomic E-state index is -3.67. The highest BCUT2D eigenvalue weighted by Gasteiger charge is 2.29. The lowest BCUT2D eigenvalue weighted by molar-refractivity contribution is -0.129. The summed E-state index contributed by atoms with van der Waals surface area (Å²) >= 11 is 0. The van der Waals surface area contributed by atoms with Gasteiger partial charge in [0.1, 0.15) is 0 Å². The first kappa shape index (κ1) is 23.0. The van der Waals surface area contributed by atoms with Crippen molar-refractivity contribution in [2.45, 2.75) is 32.2 Å². The summed E-state index contributed by atoms with van der Waals surface area (Å²) in [4.78, 5) is 29.2. The second kappa shape index (κ2) is 8.99. The lowest BCUT2D eigenvalue weighted by Crippen LogP contribution is -2.49. The van der Waals surface area contributed by atoms with Crippen molar-refractivity contribution in [1.29, 1.82) is 0 Å². The first-order valence-corrected chi connectivity index (χ1v) is 12.3. The fourth-order valence-corrected chi connectivity index (χ4v) is 5.50. The summed E-state index contributed by atoms with van der Waals surface area (Å²) in [6.45, 7) is 7.23. The van der Waals surface area contributed by atoms with Crippen molar-refractivity contribution in [1.82, 2.24) is 19.5 Å². The zero-order valence-electron chi connectivity index (χ0n) is 19.0. The van der Waals surface area contributed by atoms with E-state index in [9.17, 15) is 18.0 Å². The van der Waals surface area contributed by atoms with Gasteiger partial charge >= 0.3 is 0 Å². The van der Waals surface area contributed by atoms with Gasteiger partial charge in [0.2, 0.25) is 15.9 Å². The van der Waals surface area contributed by atoms with Gasteiger partial charge in [-0.2, -0.15) is 4.31 Å². The molecular weight excluding hydrogens is 440 g/mol. The molecule has 0 unspecified atom stereocenters. The van der Waals surface area contributed by atoms with Crippen LogP contribution in [0.25, 0.3) is 10.9 Å². The van der Waals surface area contributed by atoms with Crippen LogP contribution in [-0.4, -0.2) is 60.6 Å². The Morgan fingerprint density at radius 2 is 1.67 bits per heavy atom. The molecule has 2 heterocycles. The number of fused-ring (bicyclic) bond motifs is 1. The Balaban J connectivity index is 1.40. The van der Waals surface area contributed by atoms with Crippen LogP contribution >= 0.6 is 0 Å². The van der Waals surface area contributed by atoms with Crippen LogP contribution in [0.1, 0.15) is 34.1 Å². The summed E-state index contributed by atoms with van der Waals surface area (Å²) in [5.41, 5.74) is 4.77. The van der Waals surface area contributed by atoms with E-state index in [4.69, 9.17) is 0 Å². The molecule has 0 aliphatic carbocycles. The molecule has 4 rings (SSSR count). The number of carbonyl (C=O) groups excluding carboxylic acids is 2. The number of aromatic amines is 1. The van der Waals surface area contributed by atoms with Gasteiger partial charge in [0.05, 0.1) is 4.90 Å². The summed E-state index contributed by atoms with van der Waals surface area (Å²) in [7, 11) is -3.67. The van der Waals surface area contributed by atoms with Gasteiger partial charge in [-0.25, -0.2) is 8.42 Å². The number of aromatic nitrogens is 1. The molecule has 33 heavy (non-hydrogen) atoms. The third-order valence-electron chi connectivity index (χ3n) is 6.26. The molecule has 1 aliphatic heterocycles. The maximum atomic E-state index is 12.9. The molecule has 2 aromatic carbocycles. The number of piperazine rings is 1. The number of carbonyl (C=O) groups is 2. The Morgan fingerprint density at radius 1 is 1.00 bits per heavy atom. The third-order valence-corrected chi connectivity index (χ3v) is 8.18. The van der Waals surface area contributed by atoms with E-state index in [0.717, 1.165) is 22.2 Å². The normalized spacial score (nSPS) is 15.1. The van der Waals surface area contributed by atoms with E-state index in [1.54, 1.807) is 4.90 Å². The maximum absolute atomic E-state index is 12.9. The van der Waals surface area contributed by atoms with Crippen LogP contribution < -0.4 is 5.32 Å². The molecule has 1 saturated heterocycles. The quantitative estimate of drug-likeness (QED) is 0.601. The molecule has 2 amide bonds. The van der Waals surface area contributed by atoms with Gasteiger partial charge in [0.25, 0.3) is 5.91 Å². The summed E-state index contributed by atoms with van der Waals surface area (Å²) in [6, 6.07) is 12.0. The largest absolute Gasteiger partial charge is 0.358 e. The van der Waals surface area contributed by atoms with Crippen molar-refractivity contribution in [3.8, 4) is 0 Å². The molecule has 9 heteroatoms. The Bertz CT molecular complexity index is 1300. The highest BCUT2D eigenvalue weighted by atomic mass is 32.2. The van der Waals surface area contributed by atoms with E-state index in [1.807, 2.05) is 19.1 Å². The first-order valence-electron chi connectivity index (χ1n) is 10.9. The van der Waals surface area contributed by atoms with Gasteiger partial charge in [-0.1, -0.05) is 6.07 Å². The lowest BCUT2D eigenvalue weighted by atomic mass is 10.1. The van der Waals surface area contributed by atoms with Crippen molar-refractivity contribution in [3.05, 3.63) is 64.8 Å². The number of rotatable bonds is 5. The van der Waals surface area contributed by atoms with Crippen LogP contribution in [0.15, 0.2) is 47.4 Å². The molecule has 174 valence electrons. The van der Waals surface area contributed by atoms with E-state index in [2.05, 4.69) is 23.3 Å². The number of H-pyrrole nitrogens is 1. The van der Waals surface area contributed by atoms with E-state index >= 15 is 0 Å². The Morgan fingerprint density at radius 3 is 2.30 bits per heavy atom. The standard InChI is InChI=1S/C24H28N4O4S/c1-16-17(2)26-23-9-4-19(14-22(16)23)15-25-24(30)20-5-7-21(8-6-20)33(31,32)28-12-10-27(11-13-28)18(3)29/h4-9,14,26H,10-13,15H2,1-3H3,(H,25,30). The number of aryl methyl sites for hydroxylation is 2. The molecule has 2 N–H and O–H groups in total. The van der Waals surface area contributed by atoms with Crippen LogP contribution in [0.2, 0.25) is 0 Å². The van der Waals surface area contributed by atoms with Gasteiger partial charge in [-0.3, -0.25) is 9.59 Å². The number of sulfonamides is 1. The minimum absolute atomic E-state index is 0.0549. The third kappa shape index (κ3) is 4.65. The first-order chi connectivity index (χ1) is 15.7. The topological polar surface area (TPSA) is 103 Å². The molecule has 3 aromatic rings. The summed E-state index contributed by atoms with van der Waals surface area (Å²) < 4.78 is 27.2. The second-order valence-corrected chi connectivity index (χ2v) is 10.3.